The summed E-state index contributed by atoms with van der Waals surface area (Å²) in [5.41, 5.74) is 1.60. The Labute approximate surface area is 188 Å². The molecular formula is C21H23IN2O6. The molecule has 2 aromatic rings. The summed E-state index contributed by atoms with van der Waals surface area (Å²) in [7, 11) is 1.22. The van der Waals surface area contributed by atoms with Gasteiger partial charge in [0.25, 0.3) is 0 Å². The molecule has 0 aliphatic rings. The van der Waals surface area contributed by atoms with E-state index in [1.54, 1.807) is 24.3 Å². The normalized spacial score (nSPS) is 12.4. The van der Waals surface area contributed by atoms with Gasteiger partial charge in [0.2, 0.25) is 5.91 Å². The number of hydrogen-bond acceptors (Lipinski definition) is 6. The summed E-state index contributed by atoms with van der Waals surface area (Å²) in [6.07, 6.45) is -0.660. The van der Waals surface area contributed by atoms with Crippen molar-refractivity contribution < 1.29 is 29.0 Å². The smallest absolute Gasteiger partial charge is 0.408 e. The molecule has 0 unspecified atom stereocenters. The molecule has 2 atom stereocenters. The highest BCUT2D eigenvalue weighted by atomic mass is 127. The lowest BCUT2D eigenvalue weighted by Gasteiger charge is -2.21. The Morgan fingerprint density at radius 2 is 1.63 bits per heavy atom. The number of methoxy groups -OCH3 is 1. The standard InChI is InChI=1S/C21H23IN2O6/c1-29-20(27)17(11-14-7-9-16(22)10-8-14)23-19(26)18(12-25)24-21(28)30-13-15-5-3-2-4-6-15/h2-10,17-18,25H,11-13H2,1H3,(H,23,26)(H,24,28)/t17-,18+/m1/s1. The second kappa shape index (κ2) is 12.1. The van der Waals surface area contributed by atoms with Crippen LogP contribution in [0.3, 0.4) is 0 Å². The Hall–Kier alpha value is -2.66. The highest BCUT2D eigenvalue weighted by Gasteiger charge is 2.27. The molecule has 0 saturated heterocycles. The number of rotatable bonds is 9. The van der Waals surface area contributed by atoms with E-state index in [1.165, 1.54) is 7.11 Å². The summed E-state index contributed by atoms with van der Waals surface area (Å²) >= 11 is 2.16. The molecule has 0 heterocycles. The number of hydrogen-bond donors (Lipinski definition) is 3. The van der Waals surface area contributed by atoms with Gasteiger partial charge >= 0.3 is 12.1 Å². The summed E-state index contributed by atoms with van der Waals surface area (Å²) in [6.45, 7) is -0.645. The van der Waals surface area contributed by atoms with Gasteiger partial charge in [-0.1, -0.05) is 42.5 Å². The van der Waals surface area contributed by atoms with E-state index in [9.17, 15) is 19.5 Å². The van der Waals surface area contributed by atoms with Crippen molar-refractivity contribution in [3.05, 3.63) is 69.3 Å². The molecule has 160 valence electrons. The fourth-order valence-electron chi connectivity index (χ4n) is 2.57. The van der Waals surface area contributed by atoms with Gasteiger partial charge in [0, 0.05) is 9.99 Å². The number of amides is 2. The van der Waals surface area contributed by atoms with E-state index >= 15 is 0 Å². The molecule has 0 aliphatic heterocycles. The van der Waals surface area contributed by atoms with Crippen molar-refractivity contribution in [1.82, 2.24) is 10.6 Å². The number of aliphatic hydroxyl groups excluding tert-OH is 1. The second-order valence-corrected chi connectivity index (χ2v) is 7.60. The Bertz CT molecular complexity index is 844. The van der Waals surface area contributed by atoms with E-state index in [0.717, 1.165) is 14.7 Å². The highest BCUT2D eigenvalue weighted by Crippen LogP contribution is 2.10. The van der Waals surface area contributed by atoms with Gasteiger partial charge in [-0.25, -0.2) is 9.59 Å². The van der Waals surface area contributed by atoms with E-state index in [-0.39, 0.29) is 13.0 Å². The zero-order valence-electron chi connectivity index (χ0n) is 16.3. The van der Waals surface area contributed by atoms with Crippen LogP contribution in [0.1, 0.15) is 11.1 Å². The molecule has 0 saturated carbocycles. The number of alkyl carbamates (subject to hydrolysis) is 1. The lowest BCUT2D eigenvalue weighted by molar-refractivity contribution is -0.145. The molecule has 30 heavy (non-hydrogen) atoms. The number of halogens is 1. The average Bonchev–Trinajstić information content (AvgIpc) is 2.77. The molecule has 0 aromatic heterocycles. The topological polar surface area (TPSA) is 114 Å². The van der Waals surface area contributed by atoms with Crippen LogP contribution < -0.4 is 10.6 Å². The summed E-state index contributed by atoms with van der Waals surface area (Å²) in [6, 6.07) is 14.2. The molecular weight excluding hydrogens is 503 g/mol. The van der Waals surface area contributed by atoms with E-state index < -0.39 is 36.7 Å². The SMILES string of the molecule is COC(=O)[C@@H](Cc1ccc(I)cc1)NC(=O)[C@H](CO)NC(=O)OCc1ccccc1. The largest absolute Gasteiger partial charge is 0.467 e. The molecule has 3 N–H and O–H groups in total. The number of esters is 1. The van der Waals surface area contributed by atoms with Crippen LogP contribution in [0, 0.1) is 3.57 Å². The van der Waals surface area contributed by atoms with Crippen LogP contribution in [0.4, 0.5) is 4.79 Å². The number of nitrogens with one attached hydrogen (secondary N) is 2. The van der Waals surface area contributed by atoms with Crippen LogP contribution in [-0.2, 0) is 32.1 Å². The van der Waals surface area contributed by atoms with Gasteiger partial charge in [-0.05, 0) is 45.9 Å². The van der Waals surface area contributed by atoms with E-state index in [0.29, 0.717) is 0 Å². The van der Waals surface area contributed by atoms with Crippen molar-refractivity contribution in [3.63, 3.8) is 0 Å². The molecule has 0 spiro atoms. The first-order valence-corrected chi connectivity index (χ1v) is 10.2. The molecule has 9 heteroatoms. The number of aliphatic hydroxyl groups is 1. The van der Waals surface area contributed by atoms with E-state index in [2.05, 4.69) is 33.2 Å². The minimum atomic E-state index is -1.28. The van der Waals surface area contributed by atoms with Gasteiger partial charge in [-0.15, -0.1) is 0 Å². The maximum atomic E-state index is 12.5. The Balaban J connectivity index is 1.94. The van der Waals surface area contributed by atoms with Gasteiger partial charge in [0.15, 0.2) is 0 Å². The molecule has 0 radical (unpaired) electrons. The third kappa shape index (κ3) is 7.64. The zero-order chi connectivity index (χ0) is 21.9. The maximum Gasteiger partial charge on any atom is 0.408 e. The van der Waals surface area contributed by atoms with Gasteiger partial charge < -0.3 is 25.2 Å². The van der Waals surface area contributed by atoms with Crippen LogP contribution >= 0.6 is 22.6 Å². The van der Waals surface area contributed by atoms with Crippen LogP contribution in [0.15, 0.2) is 54.6 Å². The zero-order valence-corrected chi connectivity index (χ0v) is 18.5. The molecule has 2 aromatic carbocycles. The second-order valence-electron chi connectivity index (χ2n) is 6.36. The summed E-state index contributed by atoms with van der Waals surface area (Å²) in [5.74, 6) is -1.36. The lowest BCUT2D eigenvalue weighted by Crippen LogP contribution is -2.54. The van der Waals surface area contributed by atoms with Crippen molar-refractivity contribution in [2.75, 3.05) is 13.7 Å². The Kier molecular flexibility index (Phi) is 9.55. The van der Waals surface area contributed by atoms with E-state index in [1.807, 2.05) is 30.3 Å². The third-order valence-electron chi connectivity index (χ3n) is 4.16. The number of carbonyl (C=O) groups excluding carboxylic acids is 3. The number of carbonyl (C=O) groups is 3. The van der Waals surface area contributed by atoms with Crippen molar-refractivity contribution in [2.45, 2.75) is 25.1 Å². The molecule has 0 aliphatic carbocycles. The van der Waals surface area contributed by atoms with E-state index in [4.69, 9.17) is 9.47 Å². The molecule has 8 nitrogen and oxygen atoms in total. The third-order valence-corrected chi connectivity index (χ3v) is 4.88. The first-order chi connectivity index (χ1) is 14.4. The lowest BCUT2D eigenvalue weighted by atomic mass is 10.1. The highest BCUT2D eigenvalue weighted by molar-refractivity contribution is 14.1. The molecule has 0 fully saturated rings. The van der Waals surface area contributed by atoms with Crippen molar-refractivity contribution in [3.8, 4) is 0 Å². The monoisotopic (exact) mass is 526 g/mol. The van der Waals surface area contributed by atoms with Gasteiger partial charge in [-0.3, -0.25) is 4.79 Å². The predicted molar refractivity (Wildman–Crippen MR) is 117 cm³/mol. The fourth-order valence-corrected chi connectivity index (χ4v) is 2.92. The first-order valence-electron chi connectivity index (χ1n) is 9.13. The van der Waals surface area contributed by atoms with Gasteiger partial charge in [0.1, 0.15) is 18.7 Å². The molecule has 0 bridgehead atoms. The average molecular weight is 526 g/mol. The maximum absolute atomic E-state index is 12.5. The minimum Gasteiger partial charge on any atom is -0.467 e. The van der Waals surface area contributed by atoms with Crippen LogP contribution in [0.2, 0.25) is 0 Å². The number of benzene rings is 2. The Morgan fingerprint density at radius 1 is 0.967 bits per heavy atom. The fraction of sp³-hybridized carbons (Fsp3) is 0.286. The first kappa shape index (κ1) is 23.6. The van der Waals surface area contributed by atoms with Gasteiger partial charge in [-0.2, -0.15) is 0 Å². The summed E-state index contributed by atoms with van der Waals surface area (Å²) < 4.78 is 10.9. The van der Waals surface area contributed by atoms with Crippen LogP contribution in [-0.4, -0.2) is 48.9 Å². The predicted octanol–water partition coefficient (Wildman–Crippen LogP) is 1.78. The van der Waals surface area contributed by atoms with Crippen LogP contribution in [0.25, 0.3) is 0 Å². The molecule has 2 amide bonds. The van der Waals surface area contributed by atoms with Crippen molar-refractivity contribution in [1.29, 1.82) is 0 Å². The summed E-state index contributed by atoms with van der Waals surface area (Å²) in [5, 5.41) is 14.3. The number of ether oxygens (including phenoxy) is 2. The molecule has 2 rings (SSSR count). The Morgan fingerprint density at radius 3 is 2.23 bits per heavy atom. The quantitative estimate of drug-likeness (QED) is 0.339. The minimum absolute atomic E-state index is 0.0179. The van der Waals surface area contributed by atoms with Crippen LogP contribution in [0.5, 0.6) is 0 Å². The van der Waals surface area contributed by atoms with Crippen molar-refractivity contribution >= 4 is 40.6 Å². The van der Waals surface area contributed by atoms with Gasteiger partial charge in [0.05, 0.1) is 13.7 Å². The van der Waals surface area contributed by atoms with Crippen molar-refractivity contribution in [2.24, 2.45) is 0 Å². The summed E-state index contributed by atoms with van der Waals surface area (Å²) in [4.78, 5) is 36.6.